The second-order valence-electron chi connectivity index (χ2n) is 3.11. The summed E-state index contributed by atoms with van der Waals surface area (Å²) in [6.45, 7) is 2.62. The summed E-state index contributed by atoms with van der Waals surface area (Å²) in [5.74, 6) is 0.0991. The lowest BCUT2D eigenvalue weighted by molar-refractivity contribution is -0.142. The maximum absolute atomic E-state index is 11.9. The van der Waals surface area contributed by atoms with Crippen LogP contribution >= 0.6 is 0 Å². The van der Waals surface area contributed by atoms with Crippen LogP contribution in [0.5, 0.6) is 0 Å². The van der Waals surface area contributed by atoms with Gasteiger partial charge in [-0.05, 0) is 5.92 Å². The Balaban J connectivity index is 2.70. The van der Waals surface area contributed by atoms with Gasteiger partial charge in [0.15, 0.2) is 0 Å². The molecular formula is C7H10F3N3. The van der Waals surface area contributed by atoms with Gasteiger partial charge in [-0.1, -0.05) is 19.1 Å². The molecule has 0 N–H and O–H groups in total. The molecule has 6 heteroatoms. The van der Waals surface area contributed by atoms with Crippen LogP contribution in [0.3, 0.4) is 0 Å². The number of aromatic nitrogens is 3. The van der Waals surface area contributed by atoms with E-state index < -0.39 is 12.7 Å². The van der Waals surface area contributed by atoms with Gasteiger partial charge in [-0.3, -0.25) is 0 Å². The predicted molar refractivity (Wildman–Crippen MR) is 40.2 cm³/mol. The van der Waals surface area contributed by atoms with E-state index in [-0.39, 0.29) is 5.92 Å². The average Bonchev–Trinajstić information content (AvgIpc) is 2.31. The van der Waals surface area contributed by atoms with E-state index in [1.807, 2.05) is 13.8 Å². The van der Waals surface area contributed by atoms with Crippen LogP contribution in [0.15, 0.2) is 6.20 Å². The Labute approximate surface area is 73.5 Å². The fourth-order valence-electron chi connectivity index (χ4n) is 0.839. The van der Waals surface area contributed by atoms with Crippen molar-refractivity contribution in [3.05, 3.63) is 11.9 Å². The quantitative estimate of drug-likeness (QED) is 0.718. The van der Waals surface area contributed by atoms with Crippen molar-refractivity contribution in [3.8, 4) is 0 Å². The van der Waals surface area contributed by atoms with Gasteiger partial charge in [-0.25, -0.2) is 4.68 Å². The largest absolute Gasteiger partial charge is 0.408 e. The number of halogens is 3. The highest BCUT2D eigenvalue weighted by molar-refractivity contribution is 4.98. The third kappa shape index (κ3) is 3.04. The van der Waals surface area contributed by atoms with Gasteiger partial charge >= 0.3 is 6.18 Å². The van der Waals surface area contributed by atoms with Gasteiger partial charge in [0.05, 0.1) is 5.69 Å². The molecule has 0 aliphatic carbocycles. The van der Waals surface area contributed by atoms with Crippen molar-refractivity contribution in [2.75, 3.05) is 0 Å². The molecule has 0 aliphatic rings. The molecule has 0 radical (unpaired) electrons. The first-order chi connectivity index (χ1) is 5.88. The third-order valence-corrected chi connectivity index (χ3v) is 1.49. The zero-order valence-electron chi connectivity index (χ0n) is 7.34. The first-order valence-electron chi connectivity index (χ1n) is 3.85. The smallest absolute Gasteiger partial charge is 0.243 e. The SMILES string of the molecule is CC(C)c1cn(CC(F)(F)F)nn1. The van der Waals surface area contributed by atoms with Crippen molar-refractivity contribution >= 4 is 0 Å². The van der Waals surface area contributed by atoms with Crippen LogP contribution in [0.1, 0.15) is 25.5 Å². The molecule has 0 spiro atoms. The first-order valence-corrected chi connectivity index (χ1v) is 3.85. The lowest BCUT2D eigenvalue weighted by Crippen LogP contribution is -2.18. The molecule has 74 valence electrons. The van der Waals surface area contributed by atoms with Crippen LogP contribution in [-0.2, 0) is 6.54 Å². The van der Waals surface area contributed by atoms with E-state index in [1.165, 1.54) is 6.20 Å². The molecule has 0 aliphatic heterocycles. The number of hydrogen-bond acceptors (Lipinski definition) is 2. The number of rotatable bonds is 2. The van der Waals surface area contributed by atoms with Crippen molar-refractivity contribution in [1.82, 2.24) is 15.0 Å². The van der Waals surface area contributed by atoms with Crippen LogP contribution in [-0.4, -0.2) is 21.2 Å². The fourth-order valence-corrected chi connectivity index (χ4v) is 0.839. The predicted octanol–water partition coefficient (Wildman–Crippen LogP) is 1.96. The molecule has 1 aromatic heterocycles. The van der Waals surface area contributed by atoms with Crippen LogP contribution < -0.4 is 0 Å². The Morgan fingerprint density at radius 3 is 2.46 bits per heavy atom. The molecule has 0 aromatic carbocycles. The van der Waals surface area contributed by atoms with Crippen LogP contribution in [0, 0.1) is 0 Å². The van der Waals surface area contributed by atoms with E-state index in [2.05, 4.69) is 10.3 Å². The maximum atomic E-state index is 11.9. The Hall–Kier alpha value is -1.07. The molecule has 0 atom stereocenters. The van der Waals surface area contributed by atoms with E-state index >= 15 is 0 Å². The summed E-state index contributed by atoms with van der Waals surface area (Å²) >= 11 is 0. The molecule has 3 nitrogen and oxygen atoms in total. The van der Waals surface area contributed by atoms with Crippen molar-refractivity contribution in [2.24, 2.45) is 0 Å². The normalized spacial score (nSPS) is 12.5. The van der Waals surface area contributed by atoms with Gasteiger partial charge in [0.2, 0.25) is 0 Å². The topological polar surface area (TPSA) is 30.7 Å². The number of nitrogens with zero attached hydrogens (tertiary/aromatic N) is 3. The first kappa shape index (κ1) is 10.0. The Morgan fingerprint density at radius 1 is 1.46 bits per heavy atom. The van der Waals surface area contributed by atoms with Crippen LogP contribution in [0.2, 0.25) is 0 Å². The molecule has 0 unspecified atom stereocenters. The lowest BCUT2D eigenvalue weighted by Gasteiger charge is -2.04. The van der Waals surface area contributed by atoms with Crippen LogP contribution in [0.4, 0.5) is 13.2 Å². The Bertz CT molecular complexity index is 277. The maximum Gasteiger partial charge on any atom is 0.408 e. The highest BCUT2D eigenvalue weighted by Gasteiger charge is 2.28. The Morgan fingerprint density at radius 2 is 2.08 bits per heavy atom. The molecule has 0 saturated carbocycles. The van der Waals surface area contributed by atoms with Crippen molar-refractivity contribution in [2.45, 2.75) is 32.5 Å². The molecule has 0 bridgehead atoms. The van der Waals surface area contributed by atoms with E-state index in [0.717, 1.165) is 4.68 Å². The van der Waals surface area contributed by atoms with E-state index in [9.17, 15) is 13.2 Å². The van der Waals surface area contributed by atoms with Gasteiger partial charge < -0.3 is 0 Å². The summed E-state index contributed by atoms with van der Waals surface area (Å²) in [5, 5.41) is 6.98. The highest BCUT2D eigenvalue weighted by atomic mass is 19.4. The minimum absolute atomic E-state index is 0.0991. The zero-order valence-corrected chi connectivity index (χ0v) is 7.34. The van der Waals surface area contributed by atoms with E-state index in [4.69, 9.17) is 0 Å². The summed E-state index contributed by atoms with van der Waals surface area (Å²) in [6.07, 6.45) is -2.92. The van der Waals surface area contributed by atoms with Gasteiger partial charge in [0.25, 0.3) is 0 Å². The fraction of sp³-hybridized carbons (Fsp3) is 0.714. The van der Waals surface area contributed by atoms with Crippen LogP contribution in [0.25, 0.3) is 0 Å². The van der Waals surface area contributed by atoms with Crippen molar-refractivity contribution in [3.63, 3.8) is 0 Å². The molecule has 0 amide bonds. The monoisotopic (exact) mass is 193 g/mol. The van der Waals surface area contributed by atoms with Gasteiger partial charge in [0.1, 0.15) is 6.54 Å². The number of hydrogen-bond donors (Lipinski definition) is 0. The average molecular weight is 193 g/mol. The lowest BCUT2D eigenvalue weighted by atomic mass is 10.2. The summed E-state index contributed by atoms with van der Waals surface area (Å²) in [5.41, 5.74) is 0.573. The number of alkyl halides is 3. The van der Waals surface area contributed by atoms with Gasteiger partial charge in [-0.15, -0.1) is 5.10 Å². The van der Waals surface area contributed by atoms with Gasteiger partial charge in [-0.2, -0.15) is 13.2 Å². The molecule has 13 heavy (non-hydrogen) atoms. The summed E-state index contributed by atoms with van der Waals surface area (Å²) in [4.78, 5) is 0. The standard InChI is InChI=1S/C7H10F3N3/c1-5(2)6-3-13(12-11-6)4-7(8,9)10/h3,5H,4H2,1-2H3. The zero-order chi connectivity index (χ0) is 10.1. The van der Waals surface area contributed by atoms with Crippen molar-refractivity contribution < 1.29 is 13.2 Å². The minimum atomic E-state index is -4.23. The second kappa shape index (κ2) is 3.35. The van der Waals surface area contributed by atoms with E-state index in [0.29, 0.717) is 5.69 Å². The summed E-state index contributed by atoms with van der Waals surface area (Å²) < 4.78 is 36.4. The molecule has 1 aromatic rings. The molecule has 0 saturated heterocycles. The van der Waals surface area contributed by atoms with Gasteiger partial charge in [0, 0.05) is 6.20 Å². The third-order valence-electron chi connectivity index (χ3n) is 1.49. The van der Waals surface area contributed by atoms with Crippen molar-refractivity contribution in [1.29, 1.82) is 0 Å². The minimum Gasteiger partial charge on any atom is -0.243 e. The molecular weight excluding hydrogens is 183 g/mol. The Kier molecular flexibility index (Phi) is 2.58. The highest BCUT2D eigenvalue weighted by Crippen LogP contribution is 2.17. The molecule has 1 heterocycles. The summed E-state index contributed by atoms with van der Waals surface area (Å²) in [7, 11) is 0. The second-order valence-corrected chi connectivity index (χ2v) is 3.11. The molecule has 1 rings (SSSR count). The summed E-state index contributed by atoms with van der Waals surface area (Å²) in [6, 6.07) is 0. The molecule has 0 fully saturated rings. The van der Waals surface area contributed by atoms with E-state index in [1.54, 1.807) is 0 Å².